The molecule has 1 N–H and O–H groups in total. The molecule has 8 heteroatoms. The lowest BCUT2D eigenvalue weighted by Gasteiger charge is -2.17. The number of carbonyl (C=O) groups excluding carboxylic acids is 1. The van der Waals surface area contributed by atoms with Crippen LogP contribution in [0.2, 0.25) is 0 Å². The molecule has 1 fully saturated rings. The highest BCUT2D eigenvalue weighted by Gasteiger charge is 2.24. The van der Waals surface area contributed by atoms with Gasteiger partial charge in [0.15, 0.2) is 5.13 Å². The lowest BCUT2D eigenvalue weighted by atomic mass is 10.1. The van der Waals surface area contributed by atoms with Gasteiger partial charge < -0.3 is 4.90 Å². The van der Waals surface area contributed by atoms with Gasteiger partial charge in [0.25, 0.3) is 11.6 Å². The number of nitro groups is 1. The predicted molar refractivity (Wildman–Crippen MR) is 114 cm³/mol. The minimum Gasteiger partial charge on any atom is -0.366 e. The minimum atomic E-state index is -0.425. The first-order chi connectivity index (χ1) is 14.1. The Hall–Kier alpha value is -3.26. The van der Waals surface area contributed by atoms with Crippen LogP contribution in [0.1, 0.15) is 33.6 Å². The zero-order valence-electron chi connectivity index (χ0n) is 15.7. The second-order valence-electron chi connectivity index (χ2n) is 6.90. The number of nitrogens with zero attached hydrogens (tertiary/aromatic N) is 3. The van der Waals surface area contributed by atoms with Gasteiger partial charge in [0.2, 0.25) is 0 Å². The van der Waals surface area contributed by atoms with Crippen molar-refractivity contribution in [3.05, 3.63) is 80.8 Å². The maximum absolute atomic E-state index is 12.6. The number of hydrogen-bond acceptors (Lipinski definition) is 6. The molecule has 1 aliphatic rings. The Morgan fingerprint density at radius 2 is 1.93 bits per heavy atom. The molecule has 1 aliphatic heterocycles. The SMILES string of the molecule is O=C(Nc1ncc(Cc2ccccc2)s1)c1ccc(N2CCCC2)c([N+](=O)[O-])c1. The number of nitro benzene ring substituents is 1. The van der Waals surface area contributed by atoms with Gasteiger partial charge in [0, 0.05) is 42.2 Å². The van der Waals surface area contributed by atoms with Crippen LogP contribution in [-0.2, 0) is 6.42 Å². The molecule has 148 valence electrons. The van der Waals surface area contributed by atoms with Gasteiger partial charge >= 0.3 is 0 Å². The molecule has 0 bridgehead atoms. The second kappa shape index (κ2) is 8.40. The van der Waals surface area contributed by atoms with Crippen LogP contribution in [0.25, 0.3) is 0 Å². The van der Waals surface area contributed by atoms with Crippen molar-refractivity contribution in [2.45, 2.75) is 19.3 Å². The Morgan fingerprint density at radius 1 is 1.17 bits per heavy atom. The van der Waals surface area contributed by atoms with Gasteiger partial charge in [-0.15, -0.1) is 11.3 Å². The molecular formula is C21H20N4O3S. The molecule has 29 heavy (non-hydrogen) atoms. The number of anilines is 2. The first-order valence-electron chi connectivity index (χ1n) is 9.43. The van der Waals surface area contributed by atoms with Gasteiger partial charge in [-0.1, -0.05) is 30.3 Å². The highest BCUT2D eigenvalue weighted by Crippen LogP contribution is 2.32. The van der Waals surface area contributed by atoms with Gasteiger partial charge in [-0.2, -0.15) is 0 Å². The summed E-state index contributed by atoms with van der Waals surface area (Å²) in [6, 6.07) is 14.7. The monoisotopic (exact) mass is 408 g/mol. The van der Waals surface area contributed by atoms with E-state index in [2.05, 4.69) is 10.3 Å². The van der Waals surface area contributed by atoms with E-state index in [4.69, 9.17) is 0 Å². The number of amides is 1. The van der Waals surface area contributed by atoms with E-state index in [1.54, 1.807) is 18.3 Å². The summed E-state index contributed by atoms with van der Waals surface area (Å²) in [5.41, 5.74) is 1.95. The van der Waals surface area contributed by atoms with Crippen LogP contribution in [-0.4, -0.2) is 28.9 Å². The maximum atomic E-state index is 12.6. The fourth-order valence-corrected chi connectivity index (χ4v) is 4.29. The molecule has 0 saturated carbocycles. The summed E-state index contributed by atoms with van der Waals surface area (Å²) in [5, 5.41) is 14.8. The normalized spacial score (nSPS) is 13.4. The standard InChI is InChI=1S/C21H20N4O3S/c26-20(23-21-22-14-17(29-21)12-15-6-2-1-3-7-15)16-8-9-18(19(13-16)25(27)28)24-10-4-5-11-24/h1-3,6-9,13-14H,4-5,10-12H2,(H,22,23,26). The molecule has 1 amide bonds. The second-order valence-corrected chi connectivity index (χ2v) is 8.02. The molecule has 0 atom stereocenters. The molecule has 4 rings (SSSR count). The summed E-state index contributed by atoms with van der Waals surface area (Å²) in [7, 11) is 0. The number of thiazole rings is 1. The zero-order valence-corrected chi connectivity index (χ0v) is 16.5. The molecule has 0 unspecified atom stereocenters. The quantitative estimate of drug-likeness (QED) is 0.479. The molecule has 2 heterocycles. The molecule has 0 spiro atoms. The third kappa shape index (κ3) is 4.43. The molecule has 0 aliphatic carbocycles. The van der Waals surface area contributed by atoms with E-state index in [0.717, 1.165) is 37.2 Å². The molecule has 7 nitrogen and oxygen atoms in total. The first kappa shape index (κ1) is 19.1. The van der Waals surface area contributed by atoms with Crippen LogP contribution >= 0.6 is 11.3 Å². The minimum absolute atomic E-state index is 0.0385. The molecule has 0 radical (unpaired) electrons. The van der Waals surface area contributed by atoms with Crippen LogP contribution in [0.5, 0.6) is 0 Å². The van der Waals surface area contributed by atoms with Crippen LogP contribution in [0.15, 0.2) is 54.7 Å². The number of rotatable bonds is 6. The third-order valence-corrected chi connectivity index (χ3v) is 5.79. The Labute approximate surface area is 172 Å². The van der Waals surface area contributed by atoms with Crippen molar-refractivity contribution < 1.29 is 9.72 Å². The molecule has 1 aromatic heterocycles. The summed E-state index contributed by atoms with van der Waals surface area (Å²) in [6.07, 6.45) is 4.53. The van der Waals surface area contributed by atoms with E-state index in [9.17, 15) is 14.9 Å². The summed E-state index contributed by atoms with van der Waals surface area (Å²) < 4.78 is 0. The van der Waals surface area contributed by atoms with Crippen molar-refractivity contribution in [2.75, 3.05) is 23.3 Å². The molecule has 1 saturated heterocycles. The smallest absolute Gasteiger partial charge is 0.293 e. The van der Waals surface area contributed by atoms with Crippen molar-refractivity contribution in [1.29, 1.82) is 0 Å². The van der Waals surface area contributed by atoms with E-state index in [1.807, 2.05) is 35.2 Å². The Bertz CT molecular complexity index is 1030. The largest absolute Gasteiger partial charge is 0.366 e. The van der Waals surface area contributed by atoms with E-state index in [1.165, 1.54) is 23.0 Å². The summed E-state index contributed by atoms with van der Waals surface area (Å²) in [5.74, 6) is -0.401. The topological polar surface area (TPSA) is 88.4 Å². The average molecular weight is 408 g/mol. The lowest BCUT2D eigenvalue weighted by molar-refractivity contribution is -0.384. The summed E-state index contributed by atoms with van der Waals surface area (Å²) in [6.45, 7) is 1.60. The van der Waals surface area contributed by atoms with E-state index in [-0.39, 0.29) is 11.3 Å². The summed E-state index contributed by atoms with van der Waals surface area (Å²) >= 11 is 1.40. The number of nitrogens with one attached hydrogen (secondary N) is 1. The Balaban J connectivity index is 1.48. The Kier molecular flexibility index (Phi) is 5.53. The van der Waals surface area contributed by atoms with Crippen LogP contribution in [0.4, 0.5) is 16.5 Å². The van der Waals surface area contributed by atoms with Gasteiger partial charge in [-0.3, -0.25) is 20.2 Å². The van der Waals surface area contributed by atoms with Crippen molar-refractivity contribution in [3.8, 4) is 0 Å². The lowest BCUT2D eigenvalue weighted by Crippen LogP contribution is -2.19. The highest BCUT2D eigenvalue weighted by atomic mass is 32.1. The highest BCUT2D eigenvalue weighted by molar-refractivity contribution is 7.15. The number of hydrogen-bond donors (Lipinski definition) is 1. The number of carbonyl (C=O) groups is 1. The molecular weight excluding hydrogens is 388 g/mol. The fraction of sp³-hybridized carbons (Fsp3) is 0.238. The molecule has 3 aromatic rings. The Morgan fingerprint density at radius 3 is 2.66 bits per heavy atom. The van der Waals surface area contributed by atoms with Crippen LogP contribution < -0.4 is 10.2 Å². The fourth-order valence-electron chi connectivity index (χ4n) is 3.45. The van der Waals surface area contributed by atoms with Gasteiger partial charge in [-0.25, -0.2) is 4.98 Å². The number of benzene rings is 2. The van der Waals surface area contributed by atoms with Crippen LogP contribution in [0, 0.1) is 10.1 Å². The molecule has 2 aromatic carbocycles. The van der Waals surface area contributed by atoms with Crippen molar-refractivity contribution in [1.82, 2.24) is 4.98 Å². The average Bonchev–Trinajstić information content (AvgIpc) is 3.40. The first-order valence-corrected chi connectivity index (χ1v) is 10.2. The van der Waals surface area contributed by atoms with E-state index >= 15 is 0 Å². The van der Waals surface area contributed by atoms with Crippen molar-refractivity contribution >= 4 is 33.8 Å². The number of aromatic nitrogens is 1. The third-order valence-electron chi connectivity index (χ3n) is 4.88. The van der Waals surface area contributed by atoms with E-state index in [0.29, 0.717) is 10.8 Å². The zero-order chi connectivity index (χ0) is 20.2. The predicted octanol–water partition coefficient (Wildman–Crippen LogP) is 4.49. The van der Waals surface area contributed by atoms with Crippen molar-refractivity contribution in [2.24, 2.45) is 0 Å². The van der Waals surface area contributed by atoms with Gasteiger partial charge in [0.05, 0.1) is 4.92 Å². The van der Waals surface area contributed by atoms with Crippen molar-refractivity contribution in [3.63, 3.8) is 0 Å². The summed E-state index contributed by atoms with van der Waals surface area (Å²) in [4.78, 5) is 31.0. The van der Waals surface area contributed by atoms with Gasteiger partial charge in [0.1, 0.15) is 5.69 Å². The van der Waals surface area contributed by atoms with Crippen LogP contribution in [0.3, 0.4) is 0 Å². The van der Waals surface area contributed by atoms with Gasteiger partial charge in [-0.05, 0) is 30.5 Å². The maximum Gasteiger partial charge on any atom is 0.293 e. The van der Waals surface area contributed by atoms with E-state index < -0.39 is 10.8 Å².